The monoisotopic (exact) mass is 262 g/mol. The lowest BCUT2D eigenvalue weighted by Gasteiger charge is -2.14. The van der Waals surface area contributed by atoms with Gasteiger partial charge >= 0.3 is 0 Å². The number of rotatable bonds is 4. The van der Waals surface area contributed by atoms with Crippen molar-refractivity contribution in [1.82, 2.24) is 5.32 Å². The first-order valence-corrected chi connectivity index (χ1v) is 6.27. The molecule has 0 bridgehead atoms. The second-order valence-corrected chi connectivity index (χ2v) is 4.67. The van der Waals surface area contributed by atoms with E-state index in [0.29, 0.717) is 13.0 Å². The molecule has 102 valence electrons. The molecule has 0 saturated heterocycles. The van der Waals surface area contributed by atoms with Crippen molar-refractivity contribution in [2.45, 2.75) is 26.2 Å². The van der Waals surface area contributed by atoms with Crippen LogP contribution >= 0.6 is 0 Å². The van der Waals surface area contributed by atoms with E-state index in [-0.39, 0.29) is 17.7 Å². The van der Waals surface area contributed by atoms with E-state index in [0.717, 1.165) is 22.6 Å². The number of nitrogens with one attached hydrogen (secondary N) is 2. The molecular formula is C14H18N2O3. The zero-order chi connectivity index (χ0) is 14.0. The molecule has 1 aliphatic heterocycles. The van der Waals surface area contributed by atoms with E-state index in [1.807, 2.05) is 19.1 Å². The fourth-order valence-electron chi connectivity index (χ4n) is 2.51. The average molecular weight is 262 g/mol. The lowest BCUT2D eigenvalue weighted by atomic mass is 9.93. The van der Waals surface area contributed by atoms with Gasteiger partial charge in [-0.25, -0.2) is 0 Å². The summed E-state index contributed by atoms with van der Waals surface area (Å²) in [5, 5.41) is 5.59. The van der Waals surface area contributed by atoms with Crippen LogP contribution in [0, 0.1) is 6.92 Å². The molecule has 0 spiro atoms. The molecule has 5 heteroatoms. The molecule has 1 aromatic carbocycles. The largest absolute Gasteiger partial charge is 0.496 e. The van der Waals surface area contributed by atoms with Gasteiger partial charge in [-0.05, 0) is 36.6 Å². The van der Waals surface area contributed by atoms with E-state index in [1.54, 1.807) is 7.11 Å². The Kier molecular flexibility index (Phi) is 3.74. The molecule has 0 aromatic heterocycles. The molecule has 1 unspecified atom stereocenters. The van der Waals surface area contributed by atoms with Crippen LogP contribution in [0.1, 0.15) is 30.4 Å². The van der Waals surface area contributed by atoms with Gasteiger partial charge in [0.05, 0.1) is 13.0 Å². The Labute approximate surface area is 112 Å². The Balaban J connectivity index is 2.24. The maximum atomic E-state index is 12.0. The summed E-state index contributed by atoms with van der Waals surface area (Å²) >= 11 is 0. The van der Waals surface area contributed by atoms with Crippen LogP contribution in [0.5, 0.6) is 5.75 Å². The van der Waals surface area contributed by atoms with Crippen molar-refractivity contribution in [3.63, 3.8) is 0 Å². The van der Waals surface area contributed by atoms with Gasteiger partial charge in [0.25, 0.3) is 0 Å². The zero-order valence-corrected chi connectivity index (χ0v) is 11.4. The lowest BCUT2D eigenvalue weighted by molar-refractivity contribution is -0.120. The van der Waals surface area contributed by atoms with Crippen molar-refractivity contribution in [2.24, 2.45) is 0 Å². The van der Waals surface area contributed by atoms with Crippen molar-refractivity contribution < 1.29 is 14.3 Å². The van der Waals surface area contributed by atoms with Gasteiger partial charge in [0.15, 0.2) is 0 Å². The number of fused-ring (bicyclic) bond motifs is 1. The first-order chi connectivity index (χ1) is 9.04. The van der Waals surface area contributed by atoms with Crippen LogP contribution in [-0.4, -0.2) is 25.5 Å². The van der Waals surface area contributed by atoms with Gasteiger partial charge in [-0.1, -0.05) is 0 Å². The molecule has 1 heterocycles. The predicted molar refractivity (Wildman–Crippen MR) is 72.4 cm³/mol. The quantitative estimate of drug-likeness (QED) is 0.865. The Morgan fingerprint density at radius 2 is 2.21 bits per heavy atom. The third-order valence-electron chi connectivity index (χ3n) is 3.41. The van der Waals surface area contributed by atoms with Crippen molar-refractivity contribution in [2.75, 3.05) is 19.0 Å². The van der Waals surface area contributed by atoms with E-state index in [9.17, 15) is 9.59 Å². The van der Waals surface area contributed by atoms with Gasteiger partial charge in [-0.3, -0.25) is 9.59 Å². The van der Waals surface area contributed by atoms with Crippen LogP contribution in [0.15, 0.2) is 12.1 Å². The molecule has 2 amide bonds. The topological polar surface area (TPSA) is 67.4 Å². The maximum absolute atomic E-state index is 12.0. The Morgan fingerprint density at radius 3 is 2.84 bits per heavy atom. The highest BCUT2D eigenvalue weighted by Gasteiger charge is 2.32. The summed E-state index contributed by atoms with van der Waals surface area (Å²) in [4.78, 5) is 22.9. The Bertz CT molecular complexity index is 526. The highest BCUT2D eigenvalue weighted by Crippen LogP contribution is 2.40. The molecular weight excluding hydrogens is 244 g/mol. The summed E-state index contributed by atoms with van der Waals surface area (Å²) < 4.78 is 5.29. The van der Waals surface area contributed by atoms with Crippen molar-refractivity contribution in [3.8, 4) is 5.75 Å². The Hall–Kier alpha value is -2.04. The third kappa shape index (κ3) is 2.54. The van der Waals surface area contributed by atoms with Crippen LogP contribution in [-0.2, 0) is 9.59 Å². The third-order valence-corrected chi connectivity index (χ3v) is 3.41. The summed E-state index contributed by atoms with van der Waals surface area (Å²) in [5.74, 6) is 0.453. The highest BCUT2D eigenvalue weighted by molar-refractivity contribution is 6.03. The van der Waals surface area contributed by atoms with E-state index < -0.39 is 0 Å². The molecule has 0 fully saturated rings. The van der Waals surface area contributed by atoms with Gasteiger partial charge in [-0.15, -0.1) is 0 Å². The summed E-state index contributed by atoms with van der Waals surface area (Å²) in [5.41, 5.74) is 2.80. The second kappa shape index (κ2) is 5.30. The number of carbonyl (C=O) groups is 2. The molecule has 0 saturated carbocycles. The van der Waals surface area contributed by atoms with Crippen LogP contribution in [0.3, 0.4) is 0 Å². The molecule has 1 atom stereocenters. The first-order valence-electron chi connectivity index (χ1n) is 6.27. The minimum absolute atomic E-state index is 0.0169. The standard InChI is InChI=1S/C14H18N2O3/c1-8-12(19-3)5-4-11-13(8)10(14(18)16-11)6-7-15-9(2)17/h4-5,10H,6-7H2,1-3H3,(H,15,17)(H,16,18). The van der Waals surface area contributed by atoms with Crippen LogP contribution in [0.4, 0.5) is 5.69 Å². The molecule has 2 N–H and O–H groups in total. The average Bonchev–Trinajstić information content (AvgIpc) is 2.67. The number of methoxy groups -OCH3 is 1. The molecule has 0 aliphatic carbocycles. The number of anilines is 1. The predicted octanol–water partition coefficient (Wildman–Crippen LogP) is 1.57. The molecule has 1 aromatic rings. The molecule has 19 heavy (non-hydrogen) atoms. The Morgan fingerprint density at radius 1 is 1.47 bits per heavy atom. The van der Waals surface area contributed by atoms with Crippen LogP contribution in [0.2, 0.25) is 0 Å². The minimum atomic E-state index is -0.225. The van der Waals surface area contributed by atoms with Gasteiger partial charge in [-0.2, -0.15) is 0 Å². The normalized spacial score (nSPS) is 16.8. The van der Waals surface area contributed by atoms with Crippen molar-refractivity contribution in [1.29, 1.82) is 0 Å². The number of hydrogen-bond donors (Lipinski definition) is 2. The lowest BCUT2D eigenvalue weighted by Crippen LogP contribution is -2.24. The summed E-state index contributed by atoms with van der Waals surface area (Å²) in [6, 6.07) is 3.71. The second-order valence-electron chi connectivity index (χ2n) is 4.67. The van der Waals surface area contributed by atoms with Crippen LogP contribution in [0.25, 0.3) is 0 Å². The van der Waals surface area contributed by atoms with E-state index in [1.165, 1.54) is 6.92 Å². The number of amides is 2. The smallest absolute Gasteiger partial charge is 0.232 e. The summed E-state index contributed by atoms with van der Waals surface area (Å²) in [6.07, 6.45) is 0.590. The number of carbonyl (C=O) groups excluding carboxylic acids is 2. The van der Waals surface area contributed by atoms with E-state index in [4.69, 9.17) is 4.74 Å². The first kappa shape index (κ1) is 13.4. The van der Waals surface area contributed by atoms with Crippen molar-refractivity contribution in [3.05, 3.63) is 23.3 Å². The van der Waals surface area contributed by atoms with Gasteiger partial charge < -0.3 is 15.4 Å². The number of ether oxygens (including phenoxy) is 1. The van der Waals surface area contributed by atoms with Gasteiger partial charge in [0.1, 0.15) is 5.75 Å². The van der Waals surface area contributed by atoms with E-state index in [2.05, 4.69) is 10.6 Å². The minimum Gasteiger partial charge on any atom is -0.496 e. The number of hydrogen-bond acceptors (Lipinski definition) is 3. The van der Waals surface area contributed by atoms with Gasteiger partial charge in [0.2, 0.25) is 11.8 Å². The molecule has 1 aliphatic rings. The highest BCUT2D eigenvalue weighted by atomic mass is 16.5. The fraction of sp³-hybridized carbons (Fsp3) is 0.429. The number of benzene rings is 1. The maximum Gasteiger partial charge on any atom is 0.232 e. The zero-order valence-electron chi connectivity index (χ0n) is 11.4. The van der Waals surface area contributed by atoms with Crippen molar-refractivity contribution >= 4 is 17.5 Å². The molecule has 5 nitrogen and oxygen atoms in total. The molecule has 0 radical (unpaired) electrons. The van der Waals surface area contributed by atoms with Crippen LogP contribution < -0.4 is 15.4 Å². The van der Waals surface area contributed by atoms with Gasteiger partial charge in [0, 0.05) is 19.2 Å². The fourth-order valence-corrected chi connectivity index (χ4v) is 2.51. The summed E-state index contributed by atoms with van der Waals surface area (Å²) in [7, 11) is 1.62. The summed E-state index contributed by atoms with van der Waals surface area (Å²) in [6.45, 7) is 3.91. The molecule has 2 rings (SSSR count). The SMILES string of the molecule is COc1ccc2c(c1C)C(CCNC(C)=O)C(=O)N2. The van der Waals surface area contributed by atoms with E-state index >= 15 is 0 Å².